The van der Waals surface area contributed by atoms with Crippen LogP contribution in [0, 0.1) is 26.6 Å². The second-order valence-electron chi connectivity index (χ2n) is 9.51. The predicted molar refractivity (Wildman–Crippen MR) is 142 cm³/mol. The van der Waals surface area contributed by atoms with Crippen molar-refractivity contribution in [1.29, 1.82) is 0 Å². The standard InChI is InChI=1S/C28H33FN2O3S2/c1-5-6-13-30(36(33,34)28-20(3)16-19(2)17-21(28)4)18-26(32)31-14-11-25-24(12-15-35-25)27(31)22-7-9-23(29)10-8-22/h7-10,12,15-17,27H,5-6,11,13-14,18H2,1-4H3. The Bertz CT molecular complexity index is 1330. The number of hydrogen-bond donors (Lipinski definition) is 0. The highest BCUT2D eigenvalue weighted by atomic mass is 32.2. The maximum absolute atomic E-state index is 13.9. The maximum atomic E-state index is 13.9. The van der Waals surface area contributed by atoms with Gasteiger partial charge in [-0.05, 0) is 79.4 Å². The van der Waals surface area contributed by atoms with Gasteiger partial charge in [0.2, 0.25) is 15.9 Å². The van der Waals surface area contributed by atoms with Crippen LogP contribution in [0.2, 0.25) is 0 Å². The first-order valence-corrected chi connectivity index (χ1v) is 14.6. The zero-order chi connectivity index (χ0) is 26.0. The molecule has 0 fully saturated rings. The topological polar surface area (TPSA) is 57.7 Å². The summed E-state index contributed by atoms with van der Waals surface area (Å²) in [6.45, 7) is 8.09. The van der Waals surface area contributed by atoms with Gasteiger partial charge in [-0.25, -0.2) is 12.8 Å². The van der Waals surface area contributed by atoms with Crippen molar-refractivity contribution < 1.29 is 17.6 Å². The number of carbonyl (C=O) groups excluding carboxylic acids is 1. The Morgan fingerprint density at radius 3 is 2.42 bits per heavy atom. The molecule has 0 radical (unpaired) electrons. The SMILES string of the molecule is CCCCN(CC(=O)N1CCc2sccc2C1c1ccc(F)cc1)S(=O)(=O)c1c(C)cc(C)cc1C. The second-order valence-corrected chi connectivity index (χ2v) is 12.4. The van der Waals surface area contributed by atoms with Crippen molar-refractivity contribution in [3.8, 4) is 0 Å². The normalized spacial score (nSPS) is 15.8. The van der Waals surface area contributed by atoms with E-state index in [1.165, 1.54) is 21.3 Å². The van der Waals surface area contributed by atoms with E-state index in [0.29, 0.717) is 30.5 Å². The van der Waals surface area contributed by atoms with Crippen molar-refractivity contribution in [3.05, 3.63) is 86.4 Å². The lowest BCUT2D eigenvalue weighted by Gasteiger charge is -2.37. The molecule has 0 saturated carbocycles. The molecule has 0 N–H and O–H groups in total. The highest BCUT2D eigenvalue weighted by Crippen LogP contribution is 2.38. The maximum Gasteiger partial charge on any atom is 0.244 e. The molecule has 192 valence electrons. The van der Waals surface area contributed by atoms with Gasteiger partial charge in [0.25, 0.3) is 0 Å². The third kappa shape index (κ3) is 5.26. The molecule has 2 heterocycles. The van der Waals surface area contributed by atoms with E-state index in [9.17, 15) is 17.6 Å². The Hall–Kier alpha value is -2.55. The number of carbonyl (C=O) groups is 1. The van der Waals surface area contributed by atoms with Crippen LogP contribution in [0.1, 0.15) is 58.5 Å². The molecule has 4 rings (SSSR count). The number of halogens is 1. The minimum atomic E-state index is -3.88. The van der Waals surface area contributed by atoms with Gasteiger partial charge in [-0.1, -0.05) is 43.2 Å². The van der Waals surface area contributed by atoms with Crippen LogP contribution in [-0.2, 0) is 21.2 Å². The summed E-state index contributed by atoms with van der Waals surface area (Å²) in [4.78, 5) is 17.0. The summed E-state index contributed by atoms with van der Waals surface area (Å²) in [6, 6.07) is 11.6. The van der Waals surface area contributed by atoms with E-state index in [1.54, 1.807) is 42.2 Å². The first-order valence-electron chi connectivity index (χ1n) is 12.3. The lowest BCUT2D eigenvalue weighted by molar-refractivity contribution is -0.133. The first-order chi connectivity index (χ1) is 17.1. The number of fused-ring (bicyclic) bond motifs is 1. The lowest BCUT2D eigenvalue weighted by atomic mass is 9.93. The van der Waals surface area contributed by atoms with Crippen molar-refractivity contribution in [2.45, 2.75) is 57.9 Å². The summed E-state index contributed by atoms with van der Waals surface area (Å²) < 4.78 is 42.7. The molecule has 1 aromatic heterocycles. The number of sulfonamides is 1. The lowest BCUT2D eigenvalue weighted by Crippen LogP contribution is -2.47. The highest BCUT2D eigenvalue weighted by molar-refractivity contribution is 7.89. The zero-order valence-electron chi connectivity index (χ0n) is 21.3. The van der Waals surface area contributed by atoms with Crippen LogP contribution in [0.15, 0.2) is 52.7 Å². The molecule has 1 aliphatic heterocycles. The fraction of sp³-hybridized carbons (Fsp3) is 0.393. The Balaban J connectivity index is 1.69. The third-order valence-corrected chi connectivity index (χ3v) is 9.90. The average Bonchev–Trinajstić information content (AvgIpc) is 3.29. The fourth-order valence-corrected chi connectivity index (χ4v) is 7.90. The van der Waals surface area contributed by atoms with Crippen LogP contribution in [0.5, 0.6) is 0 Å². The molecular weight excluding hydrogens is 495 g/mol. The van der Waals surface area contributed by atoms with Gasteiger partial charge in [0, 0.05) is 18.0 Å². The van der Waals surface area contributed by atoms with Crippen molar-refractivity contribution in [2.24, 2.45) is 0 Å². The summed E-state index contributed by atoms with van der Waals surface area (Å²) in [5, 5.41) is 2.01. The molecule has 3 aromatic rings. The van der Waals surface area contributed by atoms with E-state index in [-0.39, 0.29) is 35.8 Å². The monoisotopic (exact) mass is 528 g/mol. The molecule has 0 saturated heterocycles. The summed E-state index contributed by atoms with van der Waals surface area (Å²) >= 11 is 1.65. The molecule has 0 spiro atoms. The first kappa shape index (κ1) is 26.5. The van der Waals surface area contributed by atoms with E-state index >= 15 is 0 Å². The molecular formula is C28H33FN2O3S2. The largest absolute Gasteiger partial charge is 0.330 e. The number of rotatable bonds is 8. The van der Waals surface area contributed by atoms with Gasteiger partial charge in [-0.2, -0.15) is 4.31 Å². The van der Waals surface area contributed by atoms with Gasteiger partial charge in [-0.15, -0.1) is 11.3 Å². The van der Waals surface area contributed by atoms with Crippen LogP contribution in [-0.4, -0.2) is 43.2 Å². The smallest absolute Gasteiger partial charge is 0.244 e. The number of hydrogen-bond acceptors (Lipinski definition) is 4. The summed E-state index contributed by atoms with van der Waals surface area (Å²) in [5.74, 6) is -0.582. The van der Waals surface area contributed by atoms with Crippen LogP contribution in [0.25, 0.3) is 0 Å². The van der Waals surface area contributed by atoms with E-state index in [4.69, 9.17) is 0 Å². The average molecular weight is 529 g/mol. The summed E-state index contributed by atoms with van der Waals surface area (Å²) in [6.07, 6.45) is 2.19. The van der Waals surface area contributed by atoms with Gasteiger partial charge in [0.1, 0.15) is 5.82 Å². The number of thiophene rings is 1. The van der Waals surface area contributed by atoms with Gasteiger partial charge >= 0.3 is 0 Å². The molecule has 0 aliphatic carbocycles. The zero-order valence-corrected chi connectivity index (χ0v) is 22.9. The highest BCUT2D eigenvalue weighted by Gasteiger charge is 2.36. The van der Waals surface area contributed by atoms with E-state index in [0.717, 1.165) is 23.1 Å². The molecule has 1 unspecified atom stereocenters. The molecule has 1 amide bonds. The Labute approximate surface area is 217 Å². The van der Waals surface area contributed by atoms with Crippen LogP contribution in [0.3, 0.4) is 0 Å². The van der Waals surface area contributed by atoms with E-state index in [2.05, 4.69) is 0 Å². The molecule has 1 atom stereocenters. The van der Waals surface area contributed by atoms with E-state index in [1.807, 2.05) is 37.4 Å². The minimum absolute atomic E-state index is 0.230. The van der Waals surface area contributed by atoms with Crippen molar-refractivity contribution in [1.82, 2.24) is 9.21 Å². The molecule has 0 bridgehead atoms. The molecule has 36 heavy (non-hydrogen) atoms. The van der Waals surface area contributed by atoms with Crippen LogP contribution in [0.4, 0.5) is 4.39 Å². The Morgan fingerprint density at radius 1 is 1.11 bits per heavy atom. The van der Waals surface area contributed by atoms with Gasteiger partial charge < -0.3 is 4.90 Å². The summed E-state index contributed by atoms with van der Waals surface area (Å²) in [7, 11) is -3.88. The van der Waals surface area contributed by atoms with Gasteiger partial charge in [-0.3, -0.25) is 4.79 Å². The van der Waals surface area contributed by atoms with Crippen LogP contribution >= 0.6 is 11.3 Å². The van der Waals surface area contributed by atoms with Crippen LogP contribution < -0.4 is 0 Å². The number of aryl methyl sites for hydroxylation is 3. The van der Waals surface area contributed by atoms with E-state index < -0.39 is 10.0 Å². The number of nitrogens with zero attached hydrogens (tertiary/aromatic N) is 2. The molecule has 5 nitrogen and oxygen atoms in total. The van der Waals surface area contributed by atoms with Crippen molar-refractivity contribution in [3.63, 3.8) is 0 Å². The number of benzene rings is 2. The Morgan fingerprint density at radius 2 is 1.78 bits per heavy atom. The third-order valence-electron chi connectivity index (χ3n) is 6.75. The Kier molecular flexibility index (Phi) is 7.97. The van der Waals surface area contributed by atoms with Crippen molar-refractivity contribution >= 4 is 27.3 Å². The minimum Gasteiger partial charge on any atom is -0.330 e. The molecule has 1 aliphatic rings. The number of amides is 1. The molecule has 2 aromatic carbocycles. The molecule has 8 heteroatoms. The number of unbranched alkanes of at least 4 members (excludes halogenated alkanes) is 1. The summed E-state index contributed by atoms with van der Waals surface area (Å²) in [5.41, 5.74) is 4.22. The second kappa shape index (κ2) is 10.8. The fourth-order valence-electron chi connectivity index (χ4n) is 5.15. The predicted octanol–water partition coefficient (Wildman–Crippen LogP) is 5.78. The van der Waals surface area contributed by atoms with Gasteiger partial charge in [0.15, 0.2) is 0 Å². The van der Waals surface area contributed by atoms with Crippen molar-refractivity contribution in [2.75, 3.05) is 19.6 Å². The van der Waals surface area contributed by atoms with Gasteiger partial charge in [0.05, 0.1) is 17.5 Å². The quantitative estimate of drug-likeness (QED) is 0.373.